The van der Waals surface area contributed by atoms with Crippen LogP contribution in [0.3, 0.4) is 0 Å². The lowest BCUT2D eigenvalue weighted by molar-refractivity contribution is -0.232. The Labute approximate surface area is 210 Å². The van der Waals surface area contributed by atoms with Crippen LogP contribution in [0.4, 0.5) is 4.79 Å². The summed E-state index contributed by atoms with van der Waals surface area (Å²) in [5.41, 5.74) is 4.12. The number of hydrogen-bond donors (Lipinski definition) is 8. The molecule has 1 saturated heterocycles. The van der Waals surface area contributed by atoms with Gasteiger partial charge < -0.3 is 40.9 Å². The number of benzene rings is 2. The summed E-state index contributed by atoms with van der Waals surface area (Å²) in [6.07, 6.45) is -5.37. The topological polar surface area (TPSA) is 152 Å². The predicted octanol–water partition coefficient (Wildman–Crippen LogP) is 0.578. The number of aromatic hydroxyl groups is 1. The molecule has 1 aliphatic heterocycles. The number of thiol groups is 1. The Bertz CT molecular complexity index is 987. The molecule has 5 atom stereocenters. The Morgan fingerprint density at radius 1 is 1.00 bits per heavy atom. The molecule has 2 aromatic carbocycles. The van der Waals surface area contributed by atoms with Gasteiger partial charge in [-0.2, -0.15) is 12.6 Å². The molecule has 0 aromatic heterocycles. The van der Waals surface area contributed by atoms with E-state index in [9.17, 15) is 30.3 Å². The molecule has 0 bridgehead atoms. The van der Waals surface area contributed by atoms with Crippen LogP contribution in [0.5, 0.6) is 5.75 Å². The average molecular weight is 507 g/mol. The number of aryl methyl sites for hydroxylation is 1. The van der Waals surface area contributed by atoms with Crippen LogP contribution < -0.4 is 10.6 Å². The first kappa shape index (κ1) is 27.3. The Hall–Kier alpha value is -2.34. The van der Waals surface area contributed by atoms with Gasteiger partial charge in [0.15, 0.2) is 0 Å². The highest BCUT2D eigenvalue weighted by Crippen LogP contribution is 2.38. The number of amides is 2. The molecular formula is C25H34N2O7S. The molecule has 0 aliphatic carbocycles. The quantitative estimate of drug-likeness (QED) is 0.232. The summed E-state index contributed by atoms with van der Waals surface area (Å²) in [4.78, 5) is 11.6. The molecule has 0 radical (unpaired) electrons. The van der Waals surface area contributed by atoms with Crippen LogP contribution in [0.1, 0.15) is 33.9 Å². The number of rotatable bonds is 9. The number of nitrogens with one attached hydrogen (secondary N) is 2. The van der Waals surface area contributed by atoms with Gasteiger partial charge in [-0.25, -0.2) is 4.79 Å². The molecule has 1 aliphatic rings. The van der Waals surface area contributed by atoms with E-state index in [1.165, 1.54) is 0 Å². The fourth-order valence-electron chi connectivity index (χ4n) is 4.13. The summed E-state index contributed by atoms with van der Waals surface area (Å²) < 4.78 is 5.63. The van der Waals surface area contributed by atoms with Gasteiger partial charge in [-0.05, 0) is 54.2 Å². The first-order valence-corrected chi connectivity index (χ1v) is 12.2. The number of carbonyl (C=O) groups excluding carboxylic acids is 1. The fourth-order valence-corrected chi connectivity index (χ4v) is 4.24. The number of hydrogen-bond acceptors (Lipinski definition) is 8. The van der Waals surface area contributed by atoms with Crippen LogP contribution >= 0.6 is 12.6 Å². The molecule has 2 aromatic rings. The van der Waals surface area contributed by atoms with E-state index in [1.54, 1.807) is 12.1 Å². The summed E-state index contributed by atoms with van der Waals surface area (Å²) in [5, 5.41) is 56.1. The lowest BCUT2D eigenvalue weighted by Crippen LogP contribution is -2.55. The Morgan fingerprint density at radius 3 is 2.31 bits per heavy atom. The van der Waals surface area contributed by atoms with E-state index >= 15 is 0 Å². The van der Waals surface area contributed by atoms with Gasteiger partial charge in [0, 0.05) is 24.4 Å². The number of aliphatic hydroxyl groups is 4. The summed E-state index contributed by atoms with van der Waals surface area (Å²) in [6.45, 7) is 2.35. The van der Waals surface area contributed by atoms with Crippen molar-refractivity contribution in [2.24, 2.45) is 0 Å². The zero-order valence-corrected chi connectivity index (χ0v) is 20.5. The molecule has 1 unspecified atom stereocenters. The van der Waals surface area contributed by atoms with E-state index < -0.39 is 37.1 Å². The van der Waals surface area contributed by atoms with Crippen molar-refractivity contribution >= 4 is 18.7 Å². The lowest BCUT2D eigenvalue weighted by Gasteiger charge is -2.40. The Balaban J connectivity index is 1.69. The Morgan fingerprint density at radius 2 is 1.66 bits per heavy atom. The van der Waals surface area contributed by atoms with Crippen molar-refractivity contribution < 1.29 is 35.1 Å². The molecule has 1 fully saturated rings. The average Bonchev–Trinajstić information content (AvgIpc) is 2.84. The second-order valence-corrected chi connectivity index (χ2v) is 9.18. The molecule has 35 heavy (non-hydrogen) atoms. The van der Waals surface area contributed by atoms with Gasteiger partial charge in [-0.1, -0.05) is 24.3 Å². The highest BCUT2D eigenvalue weighted by atomic mass is 32.1. The van der Waals surface area contributed by atoms with Crippen LogP contribution in [0.15, 0.2) is 36.4 Å². The SMILES string of the molecule is Cc1cc(O)c(C2O[C@H](CO)[C@@H](O)[C@H](O)[C@H]2O)cc1Cc1ccc(CCNC(=O)NCCS)cc1. The number of phenolic OH excluding ortho intramolecular Hbond substituents is 1. The third-order valence-corrected chi connectivity index (χ3v) is 6.42. The van der Waals surface area contributed by atoms with Crippen molar-refractivity contribution in [1.82, 2.24) is 10.6 Å². The minimum absolute atomic E-state index is 0.100. The number of phenols is 1. The molecule has 192 valence electrons. The van der Waals surface area contributed by atoms with Crippen LogP contribution in [-0.4, -0.2) is 81.4 Å². The van der Waals surface area contributed by atoms with Gasteiger partial charge >= 0.3 is 6.03 Å². The highest BCUT2D eigenvalue weighted by Gasteiger charge is 2.44. The lowest BCUT2D eigenvalue weighted by atomic mass is 9.88. The van der Waals surface area contributed by atoms with E-state index in [4.69, 9.17) is 4.74 Å². The summed E-state index contributed by atoms with van der Waals surface area (Å²) in [6, 6.07) is 11.1. The second kappa shape index (κ2) is 12.6. The number of urea groups is 1. The maximum Gasteiger partial charge on any atom is 0.314 e. The van der Waals surface area contributed by atoms with Gasteiger partial charge in [0.2, 0.25) is 0 Å². The van der Waals surface area contributed by atoms with Crippen molar-refractivity contribution in [2.75, 3.05) is 25.4 Å². The fraction of sp³-hybridized carbons (Fsp3) is 0.480. The van der Waals surface area contributed by atoms with Gasteiger partial charge in [0.25, 0.3) is 0 Å². The van der Waals surface area contributed by atoms with Crippen molar-refractivity contribution in [2.45, 2.75) is 50.3 Å². The van der Waals surface area contributed by atoms with Crippen LogP contribution in [0, 0.1) is 6.92 Å². The zero-order valence-electron chi connectivity index (χ0n) is 19.6. The van der Waals surface area contributed by atoms with Crippen molar-refractivity contribution in [3.63, 3.8) is 0 Å². The first-order chi connectivity index (χ1) is 16.7. The molecular weight excluding hydrogens is 472 g/mol. The molecule has 1 heterocycles. The third kappa shape index (κ3) is 6.87. The van der Waals surface area contributed by atoms with Gasteiger partial charge in [-0.15, -0.1) is 0 Å². The molecule has 7 N–H and O–H groups in total. The predicted molar refractivity (Wildman–Crippen MR) is 134 cm³/mol. The monoisotopic (exact) mass is 506 g/mol. The third-order valence-electron chi connectivity index (χ3n) is 6.20. The first-order valence-electron chi connectivity index (χ1n) is 11.6. The molecule has 2 amide bonds. The summed E-state index contributed by atoms with van der Waals surface area (Å²) in [7, 11) is 0. The van der Waals surface area contributed by atoms with Crippen LogP contribution in [0.25, 0.3) is 0 Å². The largest absolute Gasteiger partial charge is 0.508 e. The highest BCUT2D eigenvalue weighted by molar-refractivity contribution is 7.80. The maximum absolute atomic E-state index is 11.6. The molecule has 10 heteroatoms. The van der Waals surface area contributed by atoms with E-state index in [-0.39, 0.29) is 17.3 Å². The van der Waals surface area contributed by atoms with Gasteiger partial charge in [0.1, 0.15) is 36.3 Å². The number of aliphatic hydroxyl groups excluding tert-OH is 4. The van der Waals surface area contributed by atoms with E-state index in [0.717, 1.165) is 22.3 Å². The zero-order chi connectivity index (χ0) is 25.5. The smallest absolute Gasteiger partial charge is 0.314 e. The number of ether oxygens (including phenoxy) is 1. The number of carbonyl (C=O) groups is 1. The van der Waals surface area contributed by atoms with E-state index in [0.29, 0.717) is 31.7 Å². The van der Waals surface area contributed by atoms with Gasteiger partial charge in [0.05, 0.1) is 6.61 Å². The minimum Gasteiger partial charge on any atom is -0.508 e. The van der Waals surface area contributed by atoms with Crippen LogP contribution in [-0.2, 0) is 17.6 Å². The standard InChI is InChI=1S/C25H34N2O7S/c1-14-10-19(29)18(24-23(32)22(31)21(30)20(13-28)34-24)12-17(14)11-16-4-2-15(3-5-16)6-7-26-25(33)27-8-9-35/h2-5,10,12,20-24,28-32,35H,6-9,11,13H2,1H3,(H2,26,27,33)/t20-,21-,22+,23-,24?/m1/s1. The normalized spacial score (nSPS) is 24.2. The molecule has 0 saturated carbocycles. The van der Waals surface area contributed by atoms with Gasteiger partial charge in [-0.3, -0.25) is 0 Å². The second-order valence-electron chi connectivity index (χ2n) is 8.74. The minimum atomic E-state index is -1.52. The van der Waals surface area contributed by atoms with Crippen molar-refractivity contribution in [1.29, 1.82) is 0 Å². The van der Waals surface area contributed by atoms with E-state index in [2.05, 4.69) is 23.3 Å². The van der Waals surface area contributed by atoms with E-state index in [1.807, 2.05) is 31.2 Å². The van der Waals surface area contributed by atoms with Crippen LogP contribution in [0.2, 0.25) is 0 Å². The van der Waals surface area contributed by atoms with Crippen molar-refractivity contribution in [3.05, 3.63) is 64.2 Å². The summed E-state index contributed by atoms with van der Waals surface area (Å²) >= 11 is 4.05. The molecule has 0 spiro atoms. The molecule has 9 nitrogen and oxygen atoms in total. The summed E-state index contributed by atoms with van der Waals surface area (Å²) in [5.74, 6) is 0.483. The maximum atomic E-state index is 11.6. The molecule has 3 rings (SSSR count). The van der Waals surface area contributed by atoms with Crippen molar-refractivity contribution in [3.8, 4) is 5.75 Å². The Kier molecular flexibility index (Phi) is 9.79.